The van der Waals surface area contributed by atoms with Gasteiger partial charge in [0.25, 0.3) is 0 Å². The minimum Gasteiger partial charge on any atom is -0.459 e. The van der Waals surface area contributed by atoms with E-state index in [9.17, 15) is 9.59 Å². The summed E-state index contributed by atoms with van der Waals surface area (Å²) in [5.74, 6) is 10.1. The molecule has 0 aliphatic carbocycles. The number of carbonyl (C=O) groups is 2. The molecule has 0 aromatic rings. The monoisotopic (exact) mass is 334 g/mol. The first-order chi connectivity index (χ1) is 10.9. The Morgan fingerprint density at radius 3 is 1.54 bits per heavy atom. The van der Waals surface area contributed by atoms with Gasteiger partial charge in [-0.2, -0.15) is 0 Å². The molecule has 0 rings (SSSR count). The molecule has 0 amide bonds. The van der Waals surface area contributed by atoms with Crippen LogP contribution >= 0.6 is 0 Å². The summed E-state index contributed by atoms with van der Waals surface area (Å²) >= 11 is 0. The van der Waals surface area contributed by atoms with Crippen molar-refractivity contribution in [1.29, 1.82) is 0 Å². The second-order valence-corrected chi connectivity index (χ2v) is 7.57. The molecule has 0 bridgehead atoms. The van der Waals surface area contributed by atoms with E-state index in [4.69, 9.17) is 9.47 Å². The molecule has 0 saturated heterocycles. The Kier molecular flexibility index (Phi) is 8.07. The molecule has 4 heteroatoms. The van der Waals surface area contributed by atoms with E-state index in [0.717, 1.165) is 0 Å². The van der Waals surface area contributed by atoms with Crippen LogP contribution in [0.3, 0.4) is 0 Å². The maximum atomic E-state index is 12.8. The first kappa shape index (κ1) is 22.1. The Morgan fingerprint density at radius 2 is 1.21 bits per heavy atom. The minimum atomic E-state index is -1.54. The van der Waals surface area contributed by atoms with Crippen LogP contribution < -0.4 is 0 Å². The topological polar surface area (TPSA) is 52.6 Å². The van der Waals surface area contributed by atoms with Crippen LogP contribution in [-0.2, 0) is 19.1 Å². The largest absolute Gasteiger partial charge is 0.459 e. The SMILES string of the molecule is CC#CCC(CC#CCC)(C(=O)OC(C)(C)C)C(=O)OC(C)(C)C. The summed E-state index contributed by atoms with van der Waals surface area (Å²) in [6.07, 6.45) is 0.684. The maximum absolute atomic E-state index is 12.8. The maximum Gasteiger partial charge on any atom is 0.326 e. The smallest absolute Gasteiger partial charge is 0.326 e. The summed E-state index contributed by atoms with van der Waals surface area (Å²) in [4.78, 5) is 25.7. The number of hydrogen-bond acceptors (Lipinski definition) is 4. The number of rotatable bonds is 4. The Balaban J connectivity index is 5.96. The summed E-state index contributed by atoms with van der Waals surface area (Å²) in [5, 5.41) is 0. The van der Waals surface area contributed by atoms with Gasteiger partial charge in [0.05, 0.1) is 0 Å². The second-order valence-electron chi connectivity index (χ2n) is 7.57. The third kappa shape index (κ3) is 7.55. The molecule has 0 heterocycles. The Morgan fingerprint density at radius 1 is 0.792 bits per heavy atom. The van der Waals surface area contributed by atoms with Crippen molar-refractivity contribution in [3.05, 3.63) is 0 Å². The van der Waals surface area contributed by atoms with E-state index in [1.54, 1.807) is 48.5 Å². The molecule has 4 nitrogen and oxygen atoms in total. The molecule has 0 aliphatic rings. The summed E-state index contributed by atoms with van der Waals surface area (Å²) in [5.41, 5.74) is -2.98. The number of esters is 2. The Hall–Kier alpha value is -1.94. The quantitative estimate of drug-likeness (QED) is 0.445. The third-order valence-corrected chi connectivity index (χ3v) is 2.84. The van der Waals surface area contributed by atoms with Gasteiger partial charge in [0, 0.05) is 19.3 Å². The predicted octanol–water partition coefficient (Wildman–Crippen LogP) is 3.87. The van der Waals surface area contributed by atoms with Gasteiger partial charge in [0.2, 0.25) is 0 Å². The van der Waals surface area contributed by atoms with E-state index in [-0.39, 0.29) is 12.8 Å². The normalized spacial score (nSPS) is 11.5. The number of ether oxygens (including phenoxy) is 2. The van der Waals surface area contributed by atoms with E-state index >= 15 is 0 Å². The van der Waals surface area contributed by atoms with E-state index in [1.165, 1.54) is 0 Å². The fourth-order valence-corrected chi connectivity index (χ4v) is 1.76. The molecular weight excluding hydrogens is 304 g/mol. The van der Waals surface area contributed by atoms with Crippen LogP contribution in [0.5, 0.6) is 0 Å². The molecule has 0 aromatic heterocycles. The fourth-order valence-electron chi connectivity index (χ4n) is 1.76. The molecule has 0 saturated carbocycles. The van der Waals surface area contributed by atoms with E-state index < -0.39 is 28.6 Å². The lowest BCUT2D eigenvalue weighted by molar-refractivity contribution is -0.184. The van der Waals surface area contributed by atoms with Crippen molar-refractivity contribution in [2.75, 3.05) is 0 Å². The van der Waals surface area contributed by atoms with Crippen molar-refractivity contribution in [2.45, 2.75) is 85.9 Å². The van der Waals surface area contributed by atoms with Gasteiger partial charge in [-0.15, -0.1) is 23.7 Å². The third-order valence-electron chi connectivity index (χ3n) is 2.84. The van der Waals surface area contributed by atoms with Gasteiger partial charge in [-0.1, -0.05) is 6.92 Å². The highest BCUT2D eigenvalue weighted by molar-refractivity contribution is 6.01. The van der Waals surface area contributed by atoms with Crippen molar-refractivity contribution in [2.24, 2.45) is 5.41 Å². The van der Waals surface area contributed by atoms with Crippen LogP contribution in [0.4, 0.5) is 0 Å². The highest BCUT2D eigenvalue weighted by Gasteiger charge is 2.50. The van der Waals surface area contributed by atoms with E-state index in [2.05, 4.69) is 23.7 Å². The number of hydrogen-bond donors (Lipinski definition) is 0. The molecule has 0 aromatic carbocycles. The second kappa shape index (κ2) is 8.78. The summed E-state index contributed by atoms with van der Waals surface area (Å²) in [6.45, 7) is 14.1. The first-order valence-electron chi connectivity index (χ1n) is 8.20. The van der Waals surface area contributed by atoms with Gasteiger partial charge in [-0.05, 0) is 48.5 Å². The zero-order chi connectivity index (χ0) is 19.0. The van der Waals surface area contributed by atoms with Crippen molar-refractivity contribution >= 4 is 11.9 Å². The zero-order valence-electron chi connectivity index (χ0n) is 16.3. The molecule has 0 spiro atoms. The van der Waals surface area contributed by atoms with Crippen LogP contribution in [0.2, 0.25) is 0 Å². The lowest BCUT2D eigenvalue weighted by Crippen LogP contribution is -2.46. The average Bonchev–Trinajstić information content (AvgIpc) is 2.38. The number of carbonyl (C=O) groups excluding carboxylic acids is 2. The molecule has 0 N–H and O–H groups in total. The Labute approximate surface area is 146 Å². The van der Waals surface area contributed by atoms with Gasteiger partial charge in [0.15, 0.2) is 5.41 Å². The van der Waals surface area contributed by atoms with Gasteiger partial charge in [-0.3, -0.25) is 9.59 Å². The fraction of sp³-hybridized carbons (Fsp3) is 0.700. The lowest BCUT2D eigenvalue weighted by atomic mass is 9.80. The van der Waals surface area contributed by atoms with Crippen molar-refractivity contribution < 1.29 is 19.1 Å². The van der Waals surface area contributed by atoms with E-state index in [1.807, 2.05) is 6.92 Å². The van der Waals surface area contributed by atoms with Gasteiger partial charge < -0.3 is 9.47 Å². The van der Waals surface area contributed by atoms with Crippen LogP contribution in [0.1, 0.15) is 74.7 Å². The minimum absolute atomic E-state index is 0.0196. The molecule has 0 radical (unpaired) electrons. The van der Waals surface area contributed by atoms with Crippen LogP contribution in [0.15, 0.2) is 0 Å². The molecule has 24 heavy (non-hydrogen) atoms. The highest BCUT2D eigenvalue weighted by Crippen LogP contribution is 2.33. The zero-order valence-corrected chi connectivity index (χ0v) is 16.3. The van der Waals surface area contributed by atoms with Crippen LogP contribution in [-0.4, -0.2) is 23.1 Å². The van der Waals surface area contributed by atoms with Crippen molar-refractivity contribution in [3.63, 3.8) is 0 Å². The van der Waals surface area contributed by atoms with Crippen molar-refractivity contribution in [3.8, 4) is 23.7 Å². The molecule has 0 unspecified atom stereocenters. The molecule has 0 fully saturated rings. The molecular formula is C20H30O4. The molecule has 134 valence electrons. The van der Waals surface area contributed by atoms with Crippen molar-refractivity contribution in [1.82, 2.24) is 0 Å². The standard InChI is InChI=1S/C20H30O4/c1-9-11-13-15-20(14-12-10-2,16(21)23-18(3,4)5)17(22)24-19(6,7)8/h9,14-15H2,1-8H3. The van der Waals surface area contributed by atoms with E-state index in [0.29, 0.717) is 6.42 Å². The lowest BCUT2D eigenvalue weighted by Gasteiger charge is -2.32. The Bertz CT molecular complexity index is 537. The van der Waals surface area contributed by atoms with Crippen LogP contribution in [0.25, 0.3) is 0 Å². The highest BCUT2D eigenvalue weighted by atomic mass is 16.6. The summed E-state index contributed by atoms with van der Waals surface area (Å²) in [6, 6.07) is 0. The molecule has 0 aliphatic heterocycles. The summed E-state index contributed by atoms with van der Waals surface area (Å²) in [7, 11) is 0. The average molecular weight is 334 g/mol. The molecule has 0 atom stereocenters. The van der Waals surface area contributed by atoms with Gasteiger partial charge in [-0.25, -0.2) is 0 Å². The first-order valence-corrected chi connectivity index (χ1v) is 8.20. The predicted molar refractivity (Wildman–Crippen MR) is 94.9 cm³/mol. The van der Waals surface area contributed by atoms with Gasteiger partial charge >= 0.3 is 11.9 Å². The summed E-state index contributed by atoms with van der Waals surface area (Å²) < 4.78 is 11.0. The van der Waals surface area contributed by atoms with Gasteiger partial charge in [0.1, 0.15) is 11.2 Å². The van der Waals surface area contributed by atoms with Crippen LogP contribution in [0, 0.1) is 29.1 Å².